The van der Waals surface area contributed by atoms with Crippen LogP contribution in [0.15, 0.2) is 0 Å². The van der Waals surface area contributed by atoms with Crippen LogP contribution in [0.25, 0.3) is 0 Å². The standard InChI is InChI=1S/C16H30N4O.ClH/c1-11(2)9-20-13(4)14(12(3)19-20)7-8-15(21)18-16(5,6)10-17;/h11H,7-10,17H2,1-6H3,(H,18,21);1H. The number of halogens is 1. The molecule has 0 aromatic carbocycles. The van der Waals surface area contributed by atoms with Crippen molar-refractivity contribution in [2.24, 2.45) is 11.7 Å². The van der Waals surface area contributed by atoms with E-state index in [2.05, 4.69) is 35.9 Å². The summed E-state index contributed by atoms with van der Waals surface area (Å²) < 4.78 is 2.05. The average Bonchev–Trinajstić information content (AvgIpc) is 2.61. The topological polar surface area (TPSA) is 72.9 Å². The molecule has 0 saturated heterocycles. The molecule has 0 saturated carbocycles. The lowest BCUT2D eigenvalue weighted by Gasteiger charge is -2.24. The van der Waals surface area contributed by atoms with E-state index in [4.69, 9.17) is 5.73 Å². The Morgan fingerprint density at radius 1 is 1.36 bits per heavy atom. The molecule has 0 bridgehead atoms. The molecule has 1 heterocycles. The summed E-state index contributed by atoms with van der Waals surface area (Å²) in [6.45, 7) is 13.7. The Morgan fingerprint density at radius 2 is 1.95 bits per heavy atom. The molecule has 0 spiro atoms. The molecular formula is C16H31ClN4O. The number of aromatic nitrogens is 2. The van der Waals surface area contributed by atoms with Gasteiger partial charge in [-0.15, -0.1) is 12.4 Å². The molecule has 0 aliphatic rings. The minimum Gasteiger partial charge on any atom is -0.350 e. The number of rotatable bonds is 7. The van der Waals surface area contributed by atoms with E-state index >= 15 is 0 Å². The molecule has 1 aromatic rings. The number of aryl methyl sites for hydroxylation is 1. The SMILES string of the molecule is Cc1nn(CC(C)C)c(C)c1CCC(=O)NC(C)(C)CN.Cl. The highest BCUT2D eigenvalue weighted by Crippen LogP contribution is 2.16. The van der Waals surface area contributed by atoms with Crippen molar-refractivity contribution in [3.63, 3.8) is 0 Å². The minimum atomic E-state index is -0.344. The van der Waals surface area contributed by atoms with Crippen molar-refractivity contribution < 1.29 is 4.79 Å². The van der Waals surface area contributed by atoms with E-state index in [0.717, 1.165) is 18.7 Å². The van der Waals surface area contributed by atoms with Gasteiger partial charge in [0.1, 0.15) is 0 Å². The molecule has 0 unspecified atom stereocenters. The zero-order chi connectivity index (χ0) is 16.2. The Bertz CT molecular complexity index is 495. The second-order valence-electron chi connectivity index (χ2n) is 6.86. The third kappa shape index (κ3) is 5.97. The first kappa shape index (κ1) is 20.9. The number of nitrogens with one attached hydrogen (secondary N) is 1. The molecule has 3 N–H and O–H groups in total. The van der Waals surface area contributed by atoms with Crippen molar-refractivity contribution in [2.45, 2.75) is 66.5 Å². The molecule has 128 valence electrons. The zero-order valence-corrected chi connectivity index (χ0v) is 15.5. The normalized spacial score (nSPS) is 11.5. The summed E-state index contributed by atoms with van der Waals surface area (Å²) in [6.07, 6.45) is 1.20. The number of hydrogen-bond acceptors (Lipinski definition) is 3. The van der Waals surface area contributed by atoms with Gasteiger partial charge in [0, 0.05) is 30.7 Å². The molecule has 5 nitrogen and oxygen atoms in total. The maximum Gasteiger partial charge on any atom is 0.220 e. The quantitative estimate of drug-likeness (QED) is 0.806. The molecular weight excluding hydrogens is 300 g/mol. The van der Waals surface area contributed by atoms with Crippen molar-refractivity contribution in [3.05, 3.63) is 17.0 Å². The molecule has 1 rings (SSSR count). The number of carbonyl (C=O) groups is 1. The van der Waals surface area contributed by atoms with Crippen molar-refractivity contribution in [1.29, 1.82) is 0 Å². The Kier molecular flexibility index (Phi) is 8.12. The Hall–Kier alpha value is -1.07. The summed E-state index contributed by atoms with van der Waals surface area (Å²) in [5.41, 5.74) is 8.68. The summed E-state index contributed by atoms with van der Waals surface area (Å²) >= 11 is 0. The lowest BCUT2D eigenvalue weighted by molar-refractivity contribution is -0.122. The van der Waals surface area contributed by atoms with Gasteiger partial charge in [0.2, 0.25) is 5.91 Å². The highest BCUT2D eigenvalue weighted by molar-refractivity contribution is 5.85. The van der Waals surface area contributed by atoms with Crippen molar-refractivity contribution in [1.82, 2.24) is 15.1 Å². The van der Waals surface area contributed by atoms with Gasteiger partial charge in [0.25, 0.3) is 0 Å². The van der Waals surface area contributed by atoms with Gasteiger partial charge in [-0.1, -0.05) is 13.8 Å². The monoisotopic (exact) mass is 330 g/mol. The summed E-state index contributed by atoms with van der Waals surface area (Å²) in [5.74, 6) is 0.602. The van der Waals surface area contributed by atoms with Crippen LogP contribution >= 0.6 is 12.4 Å². The number of nitrogens with two attached hydrogens (primary N) is 1. The van der Waals surface area contributed by atoms with Crippen LogP contribution in [-0.4, -0.2) is 27.8 Å². The highest BCUT2D eigenvalue weighted by atomic mass is 35.5. The van der Waals surface area contributed by atoms with Crippen molar-refractivity contribution in [3.8, 4) is 0 Å². The van der Waals surface area contributed by atoms with Crippen molar-refractivity contribution in [2.75, 3.05) is 6.54 Å². The maximum absolute atomic E-state index is 12.0. The lowest BCUT2D eigenvalue weighted by Crippen LogP contribution is -2.48. The third-order valence-electron chi connectivity index (χ3n) is 3.66. The molecule has 1 aromatic heterocycles. The smallest absolute Gasteiger partial charge is 0.220 e. The van der Waals surface area contributed by atoms with Crippen LogP contribution in [0, 0.1) is 19.8 Å². The second kappa shape index (κ2) is 8.53. The van der Waals surface area contributed by atoms with E-state index in [1.807, 2.05) is 20.8 Å². The molecule has 0 atom stereocenters. The first-order chi connectivity index (χ1) is 9.66. The van der Waals surface area contributed by atoms with Gasteiger partial charge < -0.3 is 11.1 Å². The molecule has 0 aliphatic carbocycles. The van der Waals surface area contributed by atoms with Gasteiger partial charge in [-0.05, 0) is 45.6 Å². The lowest BCUT2D eigenvalue weighted by atomic mass is 10.0. The van der Waals surface area contributed by atoms with E-state index in [9.17, 15) is 4.79 Å². The number of amides is 1. The zero-order valence-electron chi connectivity index (χ0n) is 14.7. The van der Waals surface area contributed by atoms with Crippen LogP contribution < -0.4 is 11.1 Å². The van der Waals surface area contributed by atoms with Gasteiger partial charge in [-0.2, -0.15) is 5.10 Å². The van der Waals surface area contributed by atoms with Gasteiger partial charge >= 0.3 is 0 Å². The van der Waals surface area contributed by atoms with Crippen LogP contribution in [0.1, 0.15) is 51.1 Å². The molecule has 22 heavy (non-hydrogen) atoms. The predicted octanol–water partition coefficient (Wildman–Crippen LogP) is 2.36. The minimum absolute atomic E-state index is 0. The van der Waals surface area contributed by atoms with Gasteiger partial charge in [-0.3, -0.25) is 9.48 Å². The fourth-order valence-electron chi connectivity index (χ4n) is 2.35. The molecule has 1 amide bonds. The van der Waals surface area contributed by atoms with Gasteiger partial charge in [0.15, 0.2) is 0 Å². The highest BCUT2D eigenvalue weighted by Gasteiger charge is 2.19. The summed E-state index contributed by atoms with van der Waals surface area (Å²) in [7, 11) is 0. The molecule has 0 radical (unpaired) electrons. The van der Waals surface area contributed by atoms with Crippen LogP contribution in [0.2, 0.25) is 0 Å². The summed E-state index contributed by atoms with van der Waals surface area (Å²) in [6, 6.07) is 0. The van der Waals surface area contributed by atoms with Crippen LogP contribution in [-0.2, 0) is 17.8 Å². The Labute approximate surface area is 140 Å². The first-order valence-electron chi connectivity index (χ1n) is 7.70. The van der Waals surface area contributed by atoms with E-state index in [1.54, 1.807) is 0 Å². The van der Waals surface area contributed by atoms with Crippen LogP contribution in [0.5, 0.6) is 0 Å². The fourth-order valence-corrected chi connectivity index (χ4v) is 2.35. The molecule has 0 fully saturated rings. The number of hydrogen-bond donors (Lipinski definition) is 2. The Morgan fingerprint density at radius 3 is 2.45 bits per heavy atom. The third-order valence-corrected chi connectivity index (χ3v) is 3.66. The summed E-state index contributed by atoms with van der Waals surface area (Å²) in [4.78, 5) is 12.0. The summed E-state index contributed by atoms with van der Waals surface area (Å²) in [5, 5.41) is 7.55. The van der Waals surface area contributed by atoms with E-state index in [0.29, 0.717) is 18.9 Å². The average molecular weight is 331 g/mol. The van der Waals surface area contributed by atoms with E-state index in [-0.39, 0.29) is 23.9 Å². The largest absolute Gasteiger partial charge is 0.350 e. The number of carbonyl (C=O) groups excluding carboxylic acids is 1. The molecule has 0 aliphatic heterocycles. The van der Waals surface area contributed by atoms with E-state index in [1.165, 1.54) is 11.3 Å². The second-order valence-corrected chi connectivity index (χ2v) is 6.86. The fraction of sp³-hybridized carbons (Fsp3) is 0.750. The molecule has 6 heteroatoms. The predicted molar refractivity (Wildman–Crippen MR) is 93.4 cm³/mol. The Balaban J connectivity index is 0.00000441. The van der Waals surface area contributed by atoms with Gasteiger partial charge in [0.05, 0.1) is 5.69 Å². The first-order valence-corrected chi connectivity index (χ1v) is 7.70. The van der Waals surface area contributed by atoms with Gasteiger partial charge in [-0.25, -0.2) is 0 Å². The van der Waals surface area contributed by atoms with Crippen LogP contribution in [0.3, 0.4) is 0 Å². The maximum atomic E-state index is 12.0. The van der Waals surface area contributed by atoms with Crippen molar-refractivity contribution >= 4 is 18.3 Å². The number of nitrogens with zero attached hydrogens (tertiary/aromatic N) is 2. The van der Waals surface area contributed by atoms with Crippen LogP contribution in [0.4, 0.5) is 0 Å². The van der Waals surface area contributed by atoms with E-state index < -0.39 is 0 Å².